The minimum atomic E-state index is 0.438. The number of hydrogen-bond donors (Lipinski definition) is 0. The zero-order valence-electron chi connectivity index (χ0n) is 11.0. The van der Waals surface area contributed by atoms with Gasteiger partial charge < -0.3 is 0 Å². The molecule has 0 amide bonds. The molecule has 2 fully saturated rings. The van der Waals surface area contributed by atoms with Crippen molar-refractivity contribution < 1.29 is 0 Å². The number of thioether (sulfide) groups is 1. The molecule has 90 valence electrons. The van der Waals surface area contributed by atoms with Crippen molar-refractivity contribution in [2.24, 2.45) is 22.7 Å². The maximum absolute atomic E-state index is 2.58. The summed E-state index contributed by atoms with van der Waals surface area (Å²) in [5, 5.41) is 1.71. The monoisotopic (exact) mass is 236 g/mol. The van der Waals surface area contributed by atoms with Gasteiger partial charge in [-0.3, -0.25) is 0 Å². The van der Waals surface area contributed by atoms with Crippen molar-refractivity contribution in [3.8, 4) is 0 Å². The Morgan fingerprint density at radius 2 is 1.88 bits per heavy atom. The maximum atomic E-state index is 2.58. The van der Waals surface area contributed by atoms with Crippen LogP contribution in [0.25, 0.3) is 0 Å². The van der Waals surface area contributed by atoms with Crippen LogP contribution in [0.5, 0.6) is 0 Å². The molecular formula is C15H24S. The number of rotatable bonds is 0. The summed E-state index contributed by atoms with van der Waals surface area (Å²) in [4.78, 5) is 0. The highest BCUT2D eigenvalue weighted by Gasteiger charge is 2.60. The van der Waals surface area contributed by atoms with Crippen LogP contribution in [0.2, 0.25) is 0 Å². The van der Waals surface area contributed by atoms with Gasteiger partial charge in [0.2, 0.25) is 0 Å². The van der Waals surface area contributed by atoms with Gasteiger partial charge in [0.05, 0.1) is 0 Å². The minimum absolute atomic E-state index is 0.438. The van der Waals surface area contributed by atoms with E-state index in [1.807, 2.05) is 0 Å². The van der Waals surface area contributed by atoms with Crippen LogP contribution in [0.1, 0.15) is 47.0 Å². The molecule has 1 saturated heterocycles. The first-order valence-electron chi connectivity index (χ1n) is 6.83. The first kappa shape index (κ1) is 11.2. The predicted octanol–water partition coefficient (Wildman–Crippen LogP) is 4.51. The van der Waals surface area contributed by atoms with Gasteiger partial charge in [-0.2, -0.15) is 11.8 Å². The van der Waals surface area contributed by atoms with Gasteiger partial charge >= 0.3 is 0 Å². The van der Waals surface area contributed by atoms with Gasteiger partial charge in [0.15, 0.2) is 0 Å². The zero-order valence-corrected chi connectivity index (χ0v) is 11.8. The number of hydrogen-bond acceptors (Lipinski definition) is 1. The van der Waals surface area contributed by atoms with Gasteiger partial charge in [0.1, 0.15) is 0 Å². The van der Waals surface area contributed by atoms with Crippen LogP contribution in [0.4, 0.5) is 0 Å². The Kier molecular flexibility index (Phi) is 2.32. The summed E-state index contributed by atoms with van der Waals surface area (Å²) in [7, 11) is 0. The quantitative estimate of drug-likeness (QED) is 0.558. The standard InChI is InChI=1S/C15H24S/c1-10-5-6-13-15(10,4)14(3)8-7-12(16-13)9-11(14)2/h7-8,10-13H,5-6,9H2,1-4H3. The Morgan fingerprint density at radius 1 is 1.12 bits per heavy atom. The molecule has 0 aromatic heterocycles. The van der Waals surface area contributed by atoms with E-state index in [9.17, 15) is 0 Å². The van der Waals surface area contributed by atoms with E-state index in [0.717, 1.165) is 22.3 Å². The second-order valence-electron chi connectivity index (χ2n) is 6.70. The summed E-state index contributed by atoms with van der Waals surface area (Å²) in [6.45, 7) is 10.1. The number of fused-ring (bicyclic) bond motifs is 1. The topological polar surface area (TPSA) is 0 Å². The molecule has 0 aromatic carbocycles. The van der Waals surface area contributed by atoms with Crippen molar-refractivity contribution in [1.29, 1.82) is 0 Å². The molecule has 0 spiro atoms. The minimum Gasteiger partial charge on any atom is -0.150 e. The van der Waals surface area contributed by atoms with Crippen LogP contribution in [0, 0.1) is 22.7 Å². The van der Waals surface area contributed by atoms with Gasteiger partial charge in [-0.05, 0) is 41.9 Å². The van der Waals surface area contributed by atoms with E-state index in [0.29, 0.717) is 10.8 Å². The Morgan fingerprint density at radius 3 is 2.56 bits per heavy atom. The lowest BCUT2D eigenvalue weighted by atomic mass is 9.53. The molecule has 4 aliphatic rings. The Labute approximate surface area is 104 Å². The molecule has 2 heterocycles. The van der Waals surface area contributed by atoms with Crippen LogP contribution in [0.3, 0.4) is 0 Å². The fraction of sp³-hybridized carbons (Fsp3) is 0.867. The summed E-state index contributed by atoms with van der Waals surface area (Å²) in [6.07, 6.45) is 9.39. The van der Waals surface area contributed by atoms with E-state index in [2.05, 4.69) is 51.6 Å². The van der Waals surface area contributed by atoms with Gasteiger partial charge in [-0.25, -0.2) is 0 Å². The molecule has 1 heteroatoms. The molecule has 2 bridgehead atoms. The molecule has 0 radical (unpaired) electrons. The van der Waals surface area contributed by atoms with Crippen LogP contribution in [-0.2, 0) is 0 Å². The van der Waals surface area contributed by atoms with E-state index in [1.165, 1.54) is 19.3 Å². The molecular weight excluding hydrogens is 212 g/mol. The van der Waals surface area contributed by atoms with Crippen molar-refractivity contribution in [3.63, 3.8) is 0 Å². The Bertz CT molecular complexity index is 334. The lowest BCUT2D eigenvalue weighted by Gasteiger charge is -2.51. The average molecular weight is 236 g/mol. The molecule has 1 saturated carbocycles. The summed E-state index contributed by atoms with van der Waals surface area (Å²) < 4.78 is 0. The Hall–Kier alpha value is 0.0900. The van der Waals surface area contributed by atoms with E-state index in [-0.39, 0.29) is 0 Å². The second kappa shape index (κ2) is 3.31. The molecule has 2 aliphatic carbocycles. The van der Waals surface area contributed by atoms with Crippen LogP contribution in [-0.4, -0.2) is 10.5 Å². The van der Waals surface area contributed by atoms with Crippen molar-refractivity contribution in [1.82, 2.24) is 0 Å². The average Bonchev–Trinajstić information content (AvgIpc) is 2.43. The second-order valence-corrected chi connectivity index (χ2v) is 8.15. The summed E-state index contributed by atoms with van der Waals surface area (Å²) in [6, 6.07) is 0. The molecule has 6 atom stereocenters. The van der Waals surface area contributed by atoms with E-state index >= 15 is 0 Å². The van der Waals surface area contributed by atoms with Crippen molar-refractivity contribution in [2.45, 2.75) is 57.5 Å². The van der Waals surface area contributed by atoms with E-state index in [1.54, 1.807) is 0 Å². The highest BCUT2D eigenvalue weighted by molar-refractivity contribution is 8.00. The summed E-state index contributed by atoms with van der Waals surface area (Å²) in [5.74, 6) is 1.74. The van der Waals surface area contributed by atoms with Crippen molar-refractivity contribution in [2.75, 3.05) is 0 Å². The number of allylic oxidation sites excluding steroid dienone is 1. The van der Waals surface area contributed by atoms with Gasteiger partial charge in [-0.1, -0.05) is 39.8 Å². The highest BCUT2D eigenvalue weighted by atomic mass is 32.2. The first-order valence-corrected chi connectivity index (χ1v) is 7.77. The lowest BCUT2D eigenvalue weighted by molar-refractivity contribution is 0.0325. The molecule has 16 heavy (non-hydrogen) atoms. The molecule has 0 N–H and O–H groups in total. The van der Waals surface area contributed by atoms with Gasteiger partial charge in [0.25, 0.3) is 0 Å². The largest absolute Gasteiger partial charge is 0.150 e. The fourth-order valence-electron chi connectivity index (χ4n) is 4.57. The molecule has 2 aliphatic heterocycles. The van der Waals surface area contributed by atoms with Crippen molar-refractivity contribution in [3.05, 3.63) is 12.2 Å². The van der Waals surface area contributed by atoms with Crippen LogP contribution < -0.4 is 0 Å². The maximum Gasteiger partial charge on any atom is 0.0233 e. The normalized spacial score (nSPS) is 59.8. The molecule has 0 aromatic rings. The van der Waals surface area contributed by atoms with Gasteiger partial charge in [0, 0.05) is 10.5 Å². The highest BCUT2D eigenvalue weighted by Crippen LogP contribution is 2.66. The smallest absolute Gasteiger partial charge is 0.0233 e. The lowest BCUT2D eigenvalue weighted by Crippen LogP contribution is -2.47. The third-order valence-corrected chi connectivity index (χ3v) is 8.07. The fourth-order valence-corrected chi connectivity index (χ4v) is 6.60. The summed E-state index contributed by atoms with van der Waals surface area (Å²) >= 11 is 2.28. The third kappa shape index (κ3) is 1.14. The SMILES string of the molecule is CC1CC2C=CC1(C)C1(C)C(C)CCC1S2. The Balaban J connectivity index is 2.14. The van der Waals surface area contributed by atoms with Gasteiger partial charge in [-0.15, -0.1) is 0 Å². The molecule has 4 rings (SSSR count). The predicted molar refractivity (Wildman–Crippen MR) is 72.7 cm³/mol. The van der Waals surface area contributed by atoms with E-state index in [4.69, 9.17) is 0 Å². The van der Waals surface area contributed by atoms with Crippen LogP contribution >= 0.6 is 11.8 Å². The first-order chi connectivity index (χ1) is 7.48. The van der Waals surface area contributed by atoms with Crippen molar-refractivity contribution >= 4 is 11.8 Å². The van der Waals surface area contributed by atoms with E-state index < -0.39 is 0 Å². The molecule has 6 unspecified atom stereocenters. The zero-order chi connectivity index (χ0) is 11.6. The van der Waals surface area contributed by atoms with Crippen LogP contribution in [0.15, 0.2) is 12.2 Å². The summed E-state index contributed by atoms with van der Waals surface area (Å²) in [5.41, 5.74) is 0.965. The third-order valence-electron chi connectivity index (χ3n) is 6.32. The molecule has 0 nitrogen and oxygen atoms in total.